The SMILES string of the molecule is CC(C)(C)C1CCC2(CC1)NC(=O)N(CC(=O)NC1CCCCC1)C2=O. The van der Waals surface area contributed by atoms with Gasteiger partial charge in [0.25, 0.3) is 5.91 Å². The van der Waals surface area contributed by atoms with Crippen LogP contribution in [0.3, 0.4) is 0 Å². The third-order valence-electron chi connectivity index (χ3n) is 6.58. The summed E-state index contributed by atoms with van der Waals surface area (Å²) in [4.78, 5) is 38.8. The molecular formula is C20H33N3O3. The minimum absolute atomic E-state index is 0.161. The Kier molecular flexibility index (Phi) is 5.31. The molecule has 1 spiro atoms. The van der Waals surface area contributed by atoms with Crippen LogP contribution in [0.2, 0.25) is 0 Å². The van der Waals surface area contributed by atoms with E-state index < -0.39 is 11.6 Å². The molecule has 0 aromatic rings. The molecule has 146 valence electrons. The third kappa shape index (κ3) is 3.89. The molecule has 0 bridgehead atoms. The fraction of sp³-hybridized carbons (Fsp3) is 0.850. The third-order valence-corrected chi connectivity index (χ3v) is 6.58. The van der Waals surface area contributed by atoms with Crippen molar-refractivity contribution in [1.29, 1.82) is 0 Å². The van der Waals surface area contributed by atoms with Crippen LogP contribution in [0, 0.1) is 11.3 Å². The van der Waals surface area contributed by atoms with E-state index in [0.29, 0.717) is 18.8 Å². The fourth-order valence-electron chi connectivity index (χ4n) is 4.80. The van der Waals surface area contributed by atoms with E-state index in [1.54, 1.807) is 0 Å². The molecule has 2 aliphatic carbocycles. The zero-order valence-corrected chi connectivity index (χ0v) is 16.4. The Labute approximate surface area is 156 Å². The van der Waals surface area contributed by atoms with E-state index in [2.05, 4.69) is 31.4 Å². The molecule has 3 fully saturated rings. The topological polar surface area (TPSA) is 78.5 Å². The highest BCUT2D eigenvalue weighted by atomic mass is 16.2. The molecule has 3 rings (SSSR count). The Bertz CT molecular complexity index is 567. The lowest BCUT2D eigenvalue weighted by atomic mass is 9.67. The van der Waals surface area contributed by atoms with E-state index in [1.807, 2.05) is 0 Å². The predicted molar refractivity (Wildman–Crippen MR) is 99.4 cm³/mol. The number of hydrogen-bond donors (Lipinski definition) is 2. The normalized spacial score (nSPS) is 30.6. The number of imide groups is 1. The molecule has 2 N–H and O–H groups in total. The zero-order valence-electron chi connectivity index (χ0n) is 16.4. The van der Waals surface area contributed by atoms with Crippen molar-refractivity contribution in [3.8, 4) is 0 Å². The van der Waals surface area contributed by atoms with Crippen LogP contribution in [0.15, 0.2) is 0 Å². The maximum atomic E-state index is 12.9. The summed E-state index contributed by atoms with van der Waals surface area (Å²) < 4.78 is 0. The Balaban J connectivity index is 1.58. The van der Waals surface area contributed by atoms with E-state index in [0.717, 1.165) is 43.4 Å². The summed E-state index contributed by atoms with van der Waals surface area (Å²) in [6.07, 6.45) is 8.65. The average Bonchev–Trinajstić information content (AvgIpc) is 2.79. The molecule has 1 aliphatic heterocycles. The van der Waals surface area contributed by atoms with Crippen molar-refractivity contribution in [1.82, 2.24) is 15.5 Å². The molecule has 6 heteroatoms. The molecular weight excluding hydrogens is 330 g/mol. The largest absolute Gasteiger partial charge is 0.352 e. The average molecular weight is 364 g/mol. The molecule has 26 heavy (non-hydrogen) atoms. The van der Waals surface area contributed by atoms with Gasteiger partial charge in [0.15, 0.2) is 0 Å². The van der Waals surface area contributed by atoms with Crippen molar-refractivity contribution in [2.24, 2.45) is 11.3 Å². The van der Waals surface area contributed by atoms with Crippen molar-refractivity contribution in [3.05, 3.63) is 0 Å². The van der Waals surface area contributed by atoms with Gasteiger partial charge in [-0.3, -0.25) is 14.5 Å². The van der Waals surface area contributed by atoms with Crippen molar-refractivity contribution >= 4 is 17.8 Å². The molecule has 0 aromatic carbocycles. The summed E-state index contributed by atoms with van der Waals surface area (Å²) in [5.74, 6) is 0.121. The first kappa shape index (κ1) is 19.2. The van der Waals surface area contributed by atoms with Gasteiger partial charge in [0.05, 0.1) is 0 Å². The van der Waals surface area contributed by atoms with Crippen molar-refractivity contribution < 1.29 is 14.4 Å². The van der Waals surface area contributed by atoms with E-state index in [1.165, 1.54) is 6.42 Å². The van der Waals surface area contributed by atoms with E-state index in [4.69, 9.17) is 0 Å². The van der Waals surface area contributed by atoms with Crippen LogP contribution in [0.1, 0.15) is 78.6 Å². The van der Waals surface area contributed by atoms with E-state index in [-0.39, 0.29) is 29.8 Å². The number of nitrogens with zero attached hydrogens (tertiary/aromatic N) is 1. The maximum Gasteiger partial charge on any atom is 0.325 e. The molecule has 0 aromatic heterocycles. The second-order valence-electron chi connectivity index (χ2n) is 9.45. The number of carbonyl (C=O) groups is 3. The highest BCUT2D eigenvalue weighted by molar-refractivity contribution is 6.09. The lowest BCUT2D eigenvalue weighted by Crippen LogP contribution is -2.51. The minimum Gasteiger partial charge on any atom is -0.352 e. The Morgan fingerprint density at radius 1 is 1.12 bits per heavy atom. The smallest absolute Gasteiger partial charge is 0.325 e. The first-order chi connectivity index (χ1) is 12.2. The van der Waals surface area contributed by atoms with Crippen LogP contribution in [-0.4, -0.2) is 40.9 Å². The van der Waals surface area contributed by atoms with Gasteiger partial charge >= 0.3 is 6.03 Å². The van der Waals surface area contributed by atoms with Gasteiger partial charge in [-0.1, -0.05) is 40.0 Å². The number of nitrogens with one attached hydrogen (secondary N) is 2. The predicted octanol–water partition coefficient (Wildman–Crippen LogP) is 2.96. The van der Waals surface area contributed by atoms with Crippen LogP contribution in [-0.2, 0) is 9.59 Å². The molecule has 0 radical (unpaired) electrons. The molecule has 4 amide bonds. The van der Waals surface area contributed by atoms with Gasteiger partial charge < -0.3 is 10.6 Å². The molecule has 0 atom stereocenters. The number of urea groups is 1. The van der Waals surface area contributed by atoms with Crippen LogP contribution < -0.4 is 10.6 Å². The number of hydrogen-bond acceptors (Lipinski definition) is 3. The molecule has 2 saturated carbocycles. The summed E-state index contributed by atoms with van der Waals surface area (Å²) in [7, 11) is 0. The van der Waals surface area contributed by atoms with Crippen LogP contribution in [0.4, 0.5) is 4.79 Å². The van der Waals surface area contributed by atoms with Crippen molar-refractivity contribution in [2.45, 2.75) is 90.1 Å². The second kappa shape index (κ2) is 7.20. The quantitative estimate of drug-likeness (QED) is 0.757. The molecule has 3 aliphatic rings. The van der Waals surface area contributed by atoms with Gasteiger partial charge in [-0.15, -0.1) is 0 Å². The maximum absolute atomic E-state index is 12.9. The Morgan fingerprint density at radius 2 is 1.73 bits per heavy atom. The molecule has 0 unspecified atom stereocenters. The highest BCUT2D eigenvalue weighted by Gasteiger charge is 2.53. The molecule has 1 saturated heterocycles. The van der Waals surface area contributed by atoms with Gasteiger partial charge in [0, 0.05) is 6.04 Å². The number of amides is 4. The first-order valence-corrected chi connectivity index (χ1v) is 10.1. The zero-order chi connectivity index (χ0) is 18.9. The van der Waals surface area contributed by atoms with Gasteiger partial charge in [-0.05, 0) is 49.9 Å². The Morgan fingerprint density at radius 3 is 2.31 bits per heavy atom. The first-order valence-electron chi connectivity index (χ1n) is 10.1. The second-order valence-corrected chi connectivity index (χ2v) is 9.45. The van der Waals surface area contributed by atoms with Gasteiger partial charge in [-0.2, -0.15) is 0 Å². The van der Waals surface area contributed by atoms with Crippen molar-refractivity contribution in [2.75, 3.05) is 6.54 Å². The van der Waals surface area contributed by atoms with Gasteiger partial charge in [-0.25, -0.2) is 4.79 Å². The number of carbonyl (C=O) groups excluding carboxylic acids is 3. The summed E-state index contributed by atoms with van der Waals surface area (Å²) >= 11 is 0. The minimum atomic E-state index is -0.788. The van der Waals surface area contributed by atoms with E-state index >= 15 is 0 Å². The van der Waals surface area contributed by atoms with Gasteiger partial charge in [0.1, 0.15) is 12.1 Å². The van der Waals surface area contributed by atoms with Crippen LogP contribution in [0.25, 0.3) is 0 Å². The molecule has 1 heterocycles. The van der Waals surface area contributed by atoms with Crippen LogP contribution in [0.5, 0.6) is 0 Å². The fourth-order valence-corrected chi connectivity index (χ4v) is 4.80. The lowest BCUT2D eigenvalue weighted by Gasteiger charge is -2.40. The molecule has 6 nitrogen and oxygen atoms in total. The Hall–Kier alpha value is -1.59. The summed E-state index contributed by atoms with van der Waals surface area (Å²) in [6.45, 7) is 6.53. The highest BCUT2D eigenvalue weighted by Crippen LogP contribution is 2.43. The lowest BCUT2D eigenvalue weighted by molar-refractivity contribution is -0.136. The summed E-state index contributed by atoms with van der Waals surface area (Å²) in [5.41, 5.74) is -0.573. The van der Waals surface area contributed by atoms with Gasteiger partial charge in [0.2, 0.25) is 5.91 Å². The number of rotatable bonds is 3. The van der Waals surface area contributed by atoms with Crippen LogP contribution >= 0.6 is 0 Å². The summed E-state index contributed by atoms with van der Waals surface area (Å²) in [6, 6.07) is -0.226. The standard InChI is InChI=1S/C20H33N3O3/c1-19(2,3)14-9-11-20(12-10-14)17(25)23(18(26)22-20)13-16(24)21-15-7-5-4-6-8-15/h14-15H,4-13H2,1-3H3,(H,21,24)(H,22,26). The van der Waals surface area contributed by atoms with Crippen molar-refractivity contribution in [3.63, 3.8) is 0 Å². The summed E-state index contributed by atoms with van der Waals surface area (Å²) in [5, 5.41) is 5.90. The van der Waals surface area contributed by atoms with E-state index in [9.17, 15) is 14.4 Å². The monoisotopic (exact) mass is 363 g/mol.